The number of unbranched alkanes of at least 4 members (excludes halogenated alkanes) is 1. The van der Waals surface area contributed by atoms with Gasteiger partial charge in [0.25, 0.3) is 0 Å². The summed E-state index contributed by atoms with van der Waals surface area (Å²) in [5.74, 6) is -0.928. The summed E-state index contributed by atoms with van der Waals surface area (Å²) in [6.07, 6.45) is 1.41. The van der Waals surface area contributed by atoms with Crippen LogP contribution in [-0.2, 0) is 16.0 Å². The van der Waals surface area contributed by atoms with Crippen molar-refractivity contribution in [1.82, 2.24) is 0 Å². The van der Waals surface area contributed by atoms with E-state index in [0.29, 0.717) is 18.1 Å². The lowest BCUT2D eigenvalue weighted by molar-refractivity contribution is -0.150. The van der Waals surface area contributed by atoms with Crippen LogP contribution in [0.4, 0.5) is 0 Å². The number of carboxylic acids is 1. The normalized spacial score (nSPS) is 12.4. The van der Waals surface area contributed by atoms with Gasteiger partial charge in [-0.3, -0.25) is 0 Å². The minimum atomic E-state index is -0.928. The van der Waals surface area contributed by atoms with Crippen LogP contribution < -0.4 is 0 Å². The Morgan fingerprint density at radius 1 is 1.50 bits per heavy atom. The van der Waals surface area contributed by atoms with Gasteiger partial charge in [0.15, 0.2) is 6.10 Å². The van der Waals surface area contributed by atoms with Crippen molar-refractivity contribution in [3.8, 4) is 0 Å². The van der Waals surface area contributed by atoms with Crippen LogP contribution in [0.25, 0.3) is 0 Å². The van der Waals surface area contributed by atoms with Gasteiger partial charge in [-0.1, -0.05) is 37.1 Å². The van der Waals surface area contributed by atoms with Gasteiger partial charge in [0, 0.05) is 18.1 Å². The summed E-state index contributed by atoms with van der Waals surface area (Å²) in [6.45, 7) is 4.43. The number of carboxylic acid groups (broad SMARTS) is 1. The third kappa shape index (κ3) is 4.67. The summed E-state index contributed by atoms with van der Waals surface area (Å²) in [7, 11) is 0. The summed E-state index contributed by atoms with van der Waals surface area (Å²) in [6, 6.07) is 5.58. The Labute approximate surface area is 113 Å². The van der Waals surface area contributed by atoms with Crippen LogP contribution >= 0.6 is 11.6 Å². The Kier molecular flexibility index (Phi) is 6.16. The Morgan fingerprint density at radius 2 is 2.22 bits per heavy atom. The van der Waals surface area contributed by atoms with Crippen LogP contribution in [0.3, 0.4) is 0 Å². The fourth-order valence-corrected chi connectivity index (χ4v) is 1.77. The third-order valence-electron chi connectivity index (χ3n) is 2.75. The molecule has 0 unspecified atom stereocenters. The van der Waals surface area contributed by atoms with E-state index < -0.39 is 12.1 Å². The van der Waals surface area contributed by atoms with Crippen LogP contribution in [0.15, 0.2) is 18.2 Å². The predicted molar refractivity (Wildman–Crippen MR) is 72.2 cm³/mol. The molecular weight excluding hydrogens is 252 g/mol. The summed E-state index contributed by atoms with van der Waals surface area (Å²) in [5, 5.41) is 9.76. The molecule has 0 radical (unpaired) electrons. The van der Waals surface area contributed by atoms with Gasteiger partial charge in [0.1, 0.15) is 0 Å². The van der Waals surface area contributed by atoms with E-state index in [1.165, 1.54) is 0 Å². The molecule has 0 fully saturated rings. The van der Waals surface area contributed by atoms with Crippen molar-refractivity contribution < 1.29 is 14.6 Å². The topological polar surface area (TPSA) is 46.5 Å². The molecule has 0 aromatic heterocycles. The number of benzene rings is 1. The van der Waals surface area contributed by atoms with Crippen molar-refractivity contribution in [3.05, 3.63) is 34.3 Å². The number of hydrogen-bond acceptors (Lipinski definition) is 2. The molecule has 100 valence electrons. The molecule has 3 nitrogen and oxygen atoms in total. The fraction of sp³-hybridized carbons (Fsp3) is 0.500. The molecule has 0 amide bonds. The van der Waals surface area contributed by atoms with E-state index in [1.807, 2.05) is 26.0 Å². The number of carbonyl (C=O) groups is 1. The van der Waals surface area contributed by atoms with E-state index in [-0.39, 0.29) is 0 Å². The summed E-state index contributed by atoms with van der Waals surface area (Å²) < 4.78 is 5.38. The van der Waals surface area contributed by atoms with Gasteiger partial charge in [0.05, 0.1) is 0 Å². The molecule has 1 rings (SSSR count). The van der Waals surface area contributed by atoms with Crippen molar-refractivity contribution in [2.75, 3.05) is 6.61 Å². The Bertz CT molecular complexity index is 404. The molecule has 1 aromatic carbocycles. The van der Waals surface area contributed by atoms with Crippen molar-refractivity contribution in [2.24, 2.45) is 0 Å². The van der Waals surface area contributed by atoms with Gasteiger partial charge < -0.3 is 9.84 Å². The summed E-state index contributed by atoms with van der Waals surface area (Å²) in [5.41, 5.74) is 1.87. The van der Waals surface area contributed by atoms with Crippen molar-refractivity contribution in [3.63, 3.8) is 0 Å². The standard InChI is InChI=1S/C14H19ClO3/c1-3-4-7-18-13(14(16)17)9-11-6-5-10(2)12(15)8-11/h5-6,8,13H,3-4,7,9H2,1-2H3,(H,16,17)/t13-/m0/s1. The highest BCUT2D eigenvalue weighted by Crippen LogP contribution is 2.18. The van der Waals surface area contributed by atoms with Crippen molar-refractivity contribution >= 4 is 17.6 Å². The molecule has 4 heteroatoms. The molecule has 18 heavy (non-hydrogen) atoms. The van der Waals surface area contributed by atoms with E-state index >= 15 is 0 Å². The van der Waals surface area contributed by atoms with Crippen LogP contribution in [-0.4, -0.2) is 23.8 Å². The first-order chi connectivity index (χ1) is 8.54. The maximum Gasteiger partial charge on any atom is 0.333 e. The zero-order chi connectivity index (χ0) is 13.5. The van der Waals surface area contributed by atoms with Gasteiger partial charge in [0.2, 0.25) is 0 Å². The monoisotopic (exact) mass is 270 g/mol. The SMILES string of the molecule is CCCCO[C@@H](Cc1ccc(C)c(Cl)c1)C(=O)O. The first kappa shape index (κ1) is 15.0. The zero-order valence-corrected chi connectivity index (χ0v) is 11.5. The molecule has 1 atom stereocenters. The summed E-state index contributed by atoms with van der Waals surface area (Å²) in [4.78, 5) is 11.1. The zero-order valence-electron chi connectivity index (χ0n) is 10.8. The second-order valence-electron chi connectivity index (χ2n) is 4.34. The quantitative estimate of drug-likeness (QED) is 0.772. The van der Waals surface area contributed by atoms with E-state index in [0.717, 1.165) is 24.0 Å². The number of rotatable bonds is 7. The molecule has 0 saturated heterocycles. The first-order valence-corrected chi connectivity index (χ1v) is 6.51. The number of halogens is 1. The van der Waals surface area contributed by atoms with Gasteiger partial charge in [-0.15, -0.1) is 0 Å². The molecule has 1 N–H and O–H groups in total. The largest absolute Gasteiger partial charge is 0.479 e. The minimum Gasteiger partial charge on any atom is -0.479 e. The average molecular weight is 271 g/mol. The Morgan fingerprint density at radius 3 is 2.78 bits per heavy atom. The average Bonchev–Trinajstić information content (AvgIpc) is 2.32. The molecule has 0 spiro atoms. The molecule has 0 bridgehead atoms. The molecule has 0 aliphatic rings. The first-order valence-electron chi connectivity index (χ1n) is 6.14. The van der Waals surface area contributed by atoms with Crippen LogP contribution in [0, 0.1) is 6.92 Å². The Balaban J connectivity index is 2.64. The van der Waals surface area contributed by atoms with Crippen molar-refractivity contribution in [1.29, 1.82) is 0 Å². The number of aliphatic carboxylic acids is 1. The van der Waals surface area contributed by atoms with Gasteiger partial charge in [-0.2, -0.15) is 0 Å². The maximum atomic E-state index is 11.1. The molecule has 1 aromatic rings. The second kappa shape index (κ2) is 7.39. The molecule has 0 aliphatic heterocycles. The second-order valence-corrected chi connectivity index (χ2v) is 4.75. The minimum absolute atomic E-state index is 0.346. The van der Waals surface area contributed by atoms with Crippen molar-refractivity contribution in [2.45, 2.75) is 39.2 Å². The van der Waals surface area contributed by atoms with Gasteiger partial charge in [-0.05, 0) is 30.5 Å². The highest BCUT2D eigenvalue weighted by atomic mass is 35.5. The number of hydrogen-bond donors (Lipinski definition) is 1. The number of aryl methyl sites for hydroxylation is 1. The summed E-state index contributed by atoms with van der Waals surface area (Å²) >= 11 is 6.02. The highest BCUT2D eigenvalue weighted by Gasteiger charge is 2.18. The fourth-order valence-electron chi connectivity index (χ4n) is 1.56. The predicted octanol–water partition coefficient (Wildman–Crippen LogP) is 3.46. The van der Waals surface area contributed by atoms with E-state index in [1.54, 1.807) is 6.07 Å². The smallest absolute Gasteiger partial charge is 0.333 e. The highest BCUT2D eigenvalue weighted by molar-refractivity contribution is 6.31. The van der Waals surface area contributed by atoms with E-state index in [4.69, 9.17) is 21.4 Å². The lowest BCUT2D eigenvalue weighted by Gasteiger charge is -2.14. The van der Waals surface area contributed by atoms with Gasteiger partial charge in [-0.25, -0.2) is 4.79 Å². The lowest BCUT2D eigenvalue weighted by Crippen LogP contribution is -2.26. The van der Waals surface area contributed by atoms with Crippen LogP contribution in [0.1, 0.15) is 30.9 Å². The number of ether oxygens (including phenoxy) is 1. The van der Waals surface area contributed by atoms with Gasteiger partial charge >= 0.3 is 5.97 Å². The molecule has 0 aliphatic carbocycles. The third-order valence-corrected chi connectivity index (χ3v) is 3.16. The molecule has 0 saturated carbocycles. The van der Waals surface area contributed by atoms with E-state index in [2.05, 4.69) is 0 Å². The molecular formula is C14H19ClO3. The van der Waals surface area contributed by atoms with E-state index in [9.17, 15) is 4.79 Å². The van der Waals surface area contributed by atoms with Crippen LogP contribution in [0.5, 0.6) is 0 Å². The Hall–Kier alpha value is -1.06. The lowest BCUT2D eigenvalue weighted by atomic mass is 10.1. The molecule has 0 heterocycles. The van der Waals surface area contributed by atoms with Crippen LogP contribution in [0.2, 0.25) is 5.02 Å². The maximum absolute atomic E-state index is 11.1.